The maximum absolute atomic E-state index is 13.3. The summed E-state index contributed by atoms with van der Waals surface area (Å²) in [6.07, 6.45) is 6.69. The van der Waals surface area contributed by atoms with E-state index in [1.807, 2.05) is 0 Å². The minimum atomic E-state index is 0.239. The number of piperidine rings is 2. The highest BCUT2D eigenvalue weighted by molar-refractivity contribution is 7.16. The molecule has 2 atom stereocenters. The van der Waals surface area contributed by atoms with Crippen LogP contribution in [0.25, 0.3) is 10.2 Å². The number of hydrogen-bond donors (Lipinski definition) is 0. The maximum atomic E-state index is 13.3. The lowest BCUT2D eigenvalue weighted by Gasteiger charge is -2.43. The highest BCUT2D eigenvalue weighted by Gasteiger charge is 2.36. The SMILES string of the molecule is O=c1c(CN2CCCCC2)ccc2n1C[C@H]1C[C@@H]2CN(c2ncnc3sccc23)C1. The van der Waals surface area contributed by atoms with Gasteiger partial charge in [0.25, 0.3) is 5.56 Å². The average molecular weight is 422 g/mol. The van der Waals surface area contributed by atoms with Crippen molar-refractivity contribution in [2.24, 2.45) is 5.92 Å². The standard InChI is InChI=1S/C23H27N5OS/c29-23-17(13-26-7-2-1-3-8-26)4-5-20-18-10-16(12-28(20)23)11-27(14-18)21-19-6-9-30-22(19)25-15-24-21/h4-6,9,15-16,18H,1-3,7-8,10-14H2/t16-,18+/m0/s1. The number of anilines is 1. The molecular formula is C23H27N5OS. The maximum Gasteiger partial charge on any atom is 0.255 e. The quantitative estimate of drug-likeness (QED) is 0.648. The Labute approximate surface area is 180 Å². The van der Waals surface area contributed by atoms with E-state index in [0.717, 1.165) is 60.9 Å². The summed E-state index contributed by atoms with van der Waals surface area (Å²) in [6.45, 7) is 5.75. The highest BCUT2D eigenvalue weighted by Crippen LogP contribution is 2.38. The Bertz CT molecular complexity index is 1130. The average Bonchev–Trinajstić information content (AvgIpc) is 3.26. The Kier molecular flexibility index (Phi) is 4.61. The van der Waals surface area contributed by atoms with Crippen molar-refractivity contribution in [1.82, 2.24) is 19.4 Å². The summed E-state index contributed by atoms with van der Waals surface area (Å²) in [5.41, 5.74) is 2.41. The minimum absolute atomic E-state index is 0.239. The zero-order chi connectivity index (χ0) is 20.1. The third-order valence-corrected chi connectivity index (χ3v) is 7.89. The smallest absolute Gasteiger partial charge is 0.255 e. The van der Waals surface area contributed by atoms with Gasteiger partial charge in [0.05, 0.1) is 5.39 Å². The molecule has 0 aromatic carbocycles. The second-order valence-corrected chi connectivity index (χ2v) is 9.97. The Morgan fingerprint density at radius 1 is 1.03 bits per heavy atom. The van der Waals surface area contributed by atoms with Gasteiger partial charge in [0.2, 0.25) is 0 Å². The van der Waals surface area contributed by atoms with Gasteiger partial charge in [-0.2, -0.15) is 0 Å². The summed E-state index contributed by atoms with van der Waals surface area (Å²) in [4.78, 5) is 28.3. The Balaban J connectivity index is 1.29. The topological polar surface area (TPSA) is 54.3 Å². The van der Waals surface area contributed by atoms with Gasteiger partial charge < -0.3 is 9.47 Å². The summed E-state index contributed by atoms with van der Waals surface area (Å²) >= 11 is 1.67. The van der Waals surface area contributed by atoms with E-state index in [0.29, 0.717) is 11.8 Å². The molecule has 0 unspecified atom stereocenters. The number of rotatable bonds is 3. The van der Waals surface area contributed by atoms with Gasteiger partial charge in [-0.15, -0.1) is 11.3 Å². The van der Waals surface area contributed by atoms with E-state index in [-0.39, 0.29) is 5.56 Å². The Morgan fingerprint density at radius 2 is 1.93 bits per heavy atom. The van der Waals surface area contributed by atoms with Crippen LogP contribution in [0.2, 0.25) is 0 Å². The van der Waals surface area contributed by atoms with Crippen LogP contribution in [0.5, 0.6) is 0 Å². The fourth-order valence-corrected chi connectivity index (χ4v) is 6.40. The monoisotopic (exact) mass is 421 g/mol. The lowest BCUT2D eigenvalue weighted by atomic mass is 9.83. The van der Waals surface area contributed by atoms with Crippen LogP contribution in [0.1, 0.15) is 42.9 Å². The van der Waals surface area contributed by atoms with Crippen LogP contribution in [0.15, 0.2) is 34.7 Å². The summed E-state index contributed by atoms with van der Waals surface area (Å²) in [5.74, 6) is 1.93. The first kappa shape index (κ1) is 18.5. The molecule has 2 fully saturated rings. The zero-order valence-electron chi connectivity index (χ0n) is 17.2. The lowest BCUT2D eigenvalue weighted by Crippen LogP contribution is -2.48. The highest BCUT2D eigenvalue weighted by atomic mass is 32.1. The van der Waals surface area contributed by atoms with Crippen LogP contribution in [0.3, 0.4) is 0 Å². The third-order valence-electron chi connectivity index (χ3n) is 7.07. The van der Waals surface area contributed by atoms with Gasteiger partial charge in [0, 0.05) is 43.4 Å². The van der Waals surface area contributed by atoms with Gasteiger partial charge >= 0.3 is 0 Å². The van der Waals surface area contributed by atoms with Crippen molar-refractivity contribution in [1.29, 1.82) is 0 Å². The molecule has 30 heavy (non-hydrogen) atoms. The van der Waals surface area contributed by atoms with Crippen molar-refractivity contribution in [3.05, 3.63) is 51.5 Å². The molecule has 2 bridgehead atoms. The molecule has 2 saturated heterocycles. The number of thiophene rings is 1. The number of fused-ring (bicyclic) bond motifs is 5. The molecule has 3 aliphatic heterocycles. The van der Waals surface area contributed by atoms with E-state index in [4.69, 9.17) is 0 Å². The normalized spacial score (nSPS) is 24.2. The van der Waals surface area contributed by atoms with Gasteiger partial charge in [0.1, 0.15) is 17.0 Å². The van der Waals surface area contributed by atoms with Gasteiger partial charge in [-0.1, -0.05) is 12.5 Å². The first-order chi connectivity index (χ1) is 14.8. The molecule has 7 heteroatoms. The third kappa shape index (κ3) is 3.15. The number of pyridine rings is 1. The fourth-order valence-electron chi connectivity index (χ4n) is 5.67. The summed E-state index contributed by atoms with van der Waals surface area (Å²) < 4.78 is 2.09. The largest absolute Gasteiger partial charge is 0.355 e. The van der Waals surface area contributed by atoms with E-state index in [1.165, 1.54) is 31.4 Å². The van der Waals surface area contributed by atoms with Crippen molar-refractivity contribution in [2.45, 2.75) is 44.7 Å². The van der Waals surface area contributed by atoms with Crippen LogP contribution in [-0.4, -0.2) is 45.6 Å². The summed E-state index contributed by atoms with van der Waals surface area (Å²) in [5, 5.41) is 3.24. The Morgan fingerprint density at radius 3 is 2.83 bits per heavy atom. The second kappa shape index (κ2) is 7.46. The number of hydrogen-bond acceptors (Lipinski definition) is 6. The van der Waals surface area contributed by atoms with E-state index in [2.05, 4.69) is 47.9 Å². The molecule has 0 saturated carbocycles. The summed E-state index contributed by atoms with van der Waals surface area (Å²) in [6, 6.07) is 6.46. The molecule has 0 radical (unpaired) electrons. The van der Waals surface area contributed by atoms with Crippen molar-refractivity contribution < 1.29 is 0 Å². The van der Waals surface area contributed by atoms with Crippen LogP contribution in [0, 0.1) is 5.92 Å². The molecule has 6 heterocycles. The molecule has 3 aromatic rings. The molecule has 0 N–H and O–H groups in total. The van der Waals surface area contributed by atoms with E-state index < -0.39 is 0 Å². The predicted molar refractivity (Wildman–Crippen MR) is 120 cm³/mol. The van der Waals surface area contributed by atoms with Crippen LogP contribution >= 0.6 is 11.3 Å². The first-order valence-corrected chi connectivity index (χ1v) is 12.0. The molecular weight excluding hydrogens is 394 g/mol. The molecule has 6 rings (SSSR count). The Hall–Kier alpha value is -2.25. The molecule has 0 amide bonds. The molecule has 0 aliphatic carbocycles. The van der Waals surface area contributed by atoms with Gasteiger partial charge in [-0.05, 0) is 55.8 Å². The molecule has 3 aliphatic rings. The lowest BCUT2D eigenvalue weighted by molar-refractivity contribution is 0.218. The van der Waals surface area contributed by atoms with Crippen molar-refractivity contribution in [3.63, 3.8) is 0 Å². The zero-order valence-corrected chi connectivity index (χ0v) is 18.0. The fraction of sp³-hybridized carbons (Fsp3) is 0.522. The summed E-state index contributed by atoms with van der Waals surface area (Å²) in [7, 11) is 0. The van der Waals surface area contributed by atoms with Crippen LogP contribution in [-0.2, 0) is 13.1 Å². The number of aromatic nitrogens is 3. The van der Waals surface area contributed by atoms with E-state index in [1.54, 1.807) is 17.7 Å². The molecule has 0 spiro atoms. The van der Waals surface area contributed by atoms with E-state index >= 15 is 0 Å². The minimum Gasteiger partial charge on any atom is -0.355 e. The predicted octanol–water partition coefficient (Wildman–Crippen LogP) is 3.46. The number of likely N-dealkylation sites (tertiary alicyclic amines) is 1. The molecule has 6 nitrogen and oxygen atoms in total. The van der Waals surface area contributed by atoms with Crippen LogP contribution < -0.4 is 10.5 Å². The van der Waals surface area contributed by atoms with Crippen molar-refractivity contribution >= 4 is 27.4 Å². The molecule has 156 valence electrons. The van der Waals surface area contributed by atoms with Gasteiger partial charge in [-0.25, -0.2) is 9.97 Å². The first-order valence-electron chi connectivity index (χ1n) is 11.1. The second-order valence-electron chi connectivity index (χ2n) is 9.08. The van der Waals surface area contributed by atoms with Crippen molar-refractivity contribution in [3.8, 4) is 0 Å². The molecule has 3 aromatic heterocycles. The van der Waals surface area contributed by atoms with E-state index in [9.17, 15) is 4.79 Å². The number of nitrogens with zero attached hydrogens (tertiary/aromatic N) is 5. The van der Waals surface area contributed by atoms with Crippen LogP contribution in [0.4, 0.5) is 5.82 Å². The van der Waals surface area contributed by atoms with Crippen molar-refractivity contribution in [2.75, 3.05) is 31.1 Å². The van der Waals surface area contributed by atoms with Gasteiger partial charge in [0.15, 0.2) is 0 Å². The van der Waals surface area contributed by atoms with Gasteiger partial charge in [-0.3, -0.25) is 9.69 Å².